The van der Waals surface area contributed by atoms with Crippen molar-refractivity contribution in [3.8, 4) is 0 Å². The van der Waals surface area contributed by atoms with Crippen LogP contribution in [-0.4, -0.2) is 5.10 Å². The van der Waals surface area contributed by atoms with Crippen molar-refractivity contribution in [2.45, 2.75) is 38.5 Å². The maximum atomic E-state index is 5.65. The summed E-state index contributed by atoms with van der Waals surface area (Å²) >= 11 is 0. The largest absolute Gasteiger partial charge is 0.385 e. The third kappa shape index (κ3) is 1.24. The van der Waals surface area contributed by atoms with Gasteiger partial charge in [-0.05, 0) is 12.8 Å². The molecule has 0 bridgehead atoms. The maximum Gasteiger partial charge on any atom is 0.377 e. The topological polar surface area (TPSA) is 29.9 Å². The molecule has 0 N–H and O–H groups in total. The minimum atomic E-state index is 0.392. The zero-order valence-electron chi connectivity index (χ0n) is 7.87. The van der Waals surface area contributed by atoms with E-state index in [9.17, 15) is 0 Å². The molecule has 3 heteroatoms. The van der Waals surface area contributed by atoms with Gasteiger partial charge in [-0.3, -0.25) is 0 Å². The summed E-state index contributed by atoms with van der Waals surface area (Å²) in [5, 5.41) is 4.32. The van der Waals surface area contributed by atoms with Gasteiger partial charge in [-0.1, -0.05) is 18.5 Å². The number of aryl methyl sites for hydroxylation is 1. The van der Waals surface area contributed by atoms with E-state index in [1.54, 1.807) is 0 Å². The second kappa shape index (κ2) is 2.57. The average molecular weight is 167 g/mol. The Morgan fingerprint density at radius 1 is 1.50 bits per heavy atom. The van der Waals surface area contributed by atoms with Gasteiger partial charge in [0.15, 0.2) is 7.05 Å². The molecule has 0 amide bonds. The molecule has 1 saturated carbocycles. The lowest BCUT2D eigenvalue weighted by Crippen LogP contribution is -2.34. The highest BCUT2D eigenvalue weighted by Gasteiger charge is 2.37. The van der Waals surface area contributed by atoms with Gasteiger partial charge in [-0.2, -0.15) is 0 Å². The van der Waals surface area contributed by atoms with Gasteiger partial charge >= 0.3 is 5.89 Å². The van der Waals surface area contributed by atoms with Crippen molar-refractivity contribution in [2.24, 2.45) is 7.05 Å². The van der Waals surface area contributed by atoms with Gasteiger partial charge in [0.1, 0.15) is 0 Å². The SMILES string of the molecule is CC(C)c1n[n+](C)c(C2CC2)o1. The summed E-state index contributed by atoms with van der Waals surface area (Å²) in [5.41, 5.74) is 0. The Bertz CT molecular complexity index is 287. The molecule has 12 heavy (non-hydrogen) atoms. The summed E-state index contributed by atoms with van der Waals surface area (Å²) in [4.78, 5) is 0. The molecule has 1 aliphatic rings. The highest BCUT2D eigenvalue weighted by molar-refractivity contribution is 4.96. The quantitative estimate of drug-likeness (QED) is 0.625. The molecule has 1 heterocycles. The Kier molecular flexibility index (Phi) is 1.67. The van der Waals surface area contributed by atoms with E-state index in [0.29, 0.717) is 11.8 Å². The van der Waals surface area contributed by atoms with Crippen LogP contribution in [0.4, 0.5) is 0 Å². The summed E-state index contributed by atoms with van der Waals surface area (Å²) in [6, 6.07) is 0. The molecular formula is C9H15N2O+. The number of hydrogen-bond acceptors (Lipinski definition) is 2. The molecule has 0 spiro atoms. The van der Waals surface area contributed by atoms with Crippen LogP contribution in [-0.2, 0) is 7.05 Å². The van der Waals surface area contributed by atoms with Crippen LogP contribution in [0.15, 0.2) is 4.42 Å². The summed E-state index contributed by atoms with van der Waals surface area (Å²) < 4.78 is 7.53. The number of nitrogens with zero attached hydrogens (tertiary/aromatic N) is 2. The molecular weight excluding hydrogens is 152 g/mol. The maximum absolute atomic E-state index is 5.65. The first-order chi connectivity index (χ1) is 5.68. The van der Waals surface area contributed by atoms with Crippen LogP contribution in [0.25, 0.3) is 0 Å². The summed E-state index contributed by atoms with van der Waals surface area (Å²) in [5.74, 6) is 2.96. The minimum absolute atomic E-state index is 0.392. The molecule has 0 saturated heterocycles. The van der Waals surface area contributed by atoms with E-state index in [1.807, 2.05) is 11.7 Å². The van der Waals surface area contributed by atoms with Gasteiger partial charge in [0.2, 0.25) is 0 Å². The highest BCUT2D eigenvalue weighted by atomic mass is 16.4. The Morgan fingerprint density at radius 3 is 2.58 bits per heavy atom. The molecule has 1 aromatic heterocycles. The molecule has 0 aromatic carbocycles. The standard InChI is InChI=1S/C9H15N2O/c1-6(2)8-10-11(3)9(12-8)7-4-5-7/h6-7H,4-5H2,1-3H3/q+1. The number of rotatable bonds is 2. The molecule has 1 aromatic rings. The molecule has 0 aliphatic heterocycles. The van der Waals surface area contributed by atoms with Crippen LogP contribution >= 0.6 is 0 Å². The van der Waals surface area contributed by atoms with Crippen LogP contribution in [0, 0.1) is 0 Å². The van der Waals surface area contributed by atoms with E-state index in [1.165, 1.54) is 12.8 Å². The third-order valence-electron chi connectivity index (χ3n) is 2.20. The summed E-state index contributed by atoms with van der Waals surface area (Å²) in [7, 11) is 1.96. The monoisotopic (exact) mass is 167 g/mol. The summed E-state index contributed by atoms with van der Waals surface area (Å²) in [6.07, 6.45) is 2.53. The van der Waals surface area contributed by atoms with Crippen LogP contribution in [0.3, 0.4) is 0 Å². The fourth-order valence-electron chi connectivity index (χ4n) is 1.30. The van der Waals surface area contributed by atoms with Crippen molar-refractivity contribution in [3.05, 3.63) is 11.8 Å². The summed E-state index contributed by atoms with van der Waals surface area (Å²) in [6.45, 7) is 4.20. The van der Waals surface area contributed by atoms with Gasteiger partial charge in [0, 0.05) is 11.0 Å². The number of aromatic nitrogens is 2. The van der Waals surface area contributed by atoms with Gasteiger partial charge < -0.3 is 4.42 Å². The molecule has 2 rings (SSSR count). The highest BCUT2D eigenvalue weighted by Crippen LogP contribution is 2.38. The second-order valence-electron chi connectivity index (χ2n) is 3.83. The lowest BCUT2D eigenvalue weighted by molar-refractivity contribution is -0.739. The van der Waals surface area contributed by atoms with E-state index in [-0.39, 0.29) is 0 Å². The minimum Gasteiger partial charge on any atom is -0.385 e. The molecule has 1 fully saturated rings. The number of hydrogen-bond donors (Lipinski definition) is 0. The fraction of sp³-hybridized carbons (Fsp3) is 0.778. The van der Waals surface area contributed by atoms with Crippen LogP contribution in [0.2, 0.25) is 0 Å². The molecule has 0 unspecified atom stereocenters. The van der Waals surface area contributed by atoms with Crippen LogP contribution in [0.5, 0.6) is 0 Å². The Hall–Kier alpha value is -0.860. The van der Waals surface area contributed by atoms with Crippen molar-refractivity contribution in [1.82, 2.24) is 5.10 Å². The van der Waals surface area contributed by atoms with Gasteiger partial charge in [0.25, 0.3) is 5.89 Å². The van der Waals surface area contributed by atoms with Crippen molar-refractivity contribution >= 4 is 0 Å². The fourth-order valence-corrected chi connectivity index (χ4v) is 1.30. The van der Waals surface area contributed by atoms with Gasteiger partial charge in [-0.25, -0.2) is 0 Å². The first-order valence-electron chi connectivity index (χ1n) is 4.55. The first-order valence-corrected chi connectivity index (χ1v) is 4.55. The lowest BCUT2D eigenvalue weighted by Gasteiger charge is -1.89. The Labute approximate surface area is 72.4 Å². The van der Waals surface area contributed by atoms with Gasteiger partial charge in [-0.15, -0.1) is 0 Å². The molecule has 0 radical (unpaired) electrons. The van der Waals surface area contributed by atoms with Crippen molar-refractivity contribution < 1.29 is 9.10 Å². The smallest absolute Gasteiger partial charge is 0.377 e. The van der Waals surface area contributed by atoms with E-state index < -0.39 is 0 Å². The molecule has 66 valence electrons. The predicted octanol–water partition coefficient (Wildman–Crippen LogP) is 1.50. The Balaban J connectivity index is 2.30. The zero-order valence-corrected chi connectivity index (χ0v) is 7.87. The van der Waals surface area contributed by atoms with E-state index in [4.69, 9.17) is 4.42 Å². The zero-order chi connectivity index (χ0) is 8.72. The van der Waals surface area contributed by atoms with E-state index in [2.05, 4.69) is 18.9 Å². The lowest BCUT2D eigenvalue weighted by atomic mass is 10.2. The van der Waals surface area contributed by atoms with Crippen molar-refractivity contribution in [2.75, 3.05) is 0 Å². The van der Waals surface area contributed by atoms with Gasteiger partial charge in [0.05, 0.1) is 5.92 Å². The second-order valence-corrected chi connectivity index (χ2v) is 3.83. The van der Waals surface area contributed by atoms with Crippen LogP contribution < -0.4 is 4.68 Å². The first kappa shape index (κ1) is 7.77. The van der Waals surface area contributed by atoms with Crippen LogP contribution in [0.1, 0.15) is 50.3 Å². The average Bonchev–Trinajstić information content (AvgIpc) is 2.75. The van der Waals surface area contributed by atoms with E-state index in [0.717, 1.165) is 11.8 Å². The third-order valence-corrected chi connectivity index (χ3v) is 2.20. The molecule has 3 nitrogen and oxygen atoms in total. The predicted molar refractivity (Wildman–Crippen MR) is 43.7 cm³/mol. The normalized spacial score (nSPS) is 17.3. The molecule has 0 atom stereocenters. The van der Waals surface area contributed by atoms with E-state index >= 15 is 0 Å². The van der Waals surface area contributed by atoms with Crippen molar-refractivity contribution in [1.29, 1.82) is 0 Å². The molecule has 1 aliphatic carbocycles. The Morgan fingerprint density at radius 2 is 2.17 bits per heavy atom. The van der Waals surface area contributed by atoms with Crippen molar-refractivity contribution in [3.63, 3.8) is 0 Å².